The Balaban J connectivity index is 2.66. The summed E-state index contributed by atoms with van der Waals surface area (Å²) in [5.41, 5.74) is 1.77. The van der Waals surface area contributed by atoms with Crippen LogP contribution in [0.2, 0.25) is 0 Å². The van der Waals surface area contributed by atoms with E-state index < -0.39 is 0 Å². The van der Waals surface area contributed by atoms with Crippen LogP contribution in [-0.4, -0.2) is 23.0 Å². The van der Waals surface area contributed by atoms with Crippen LogP contribution in [-0.2, 0) is 11.3 Å². The summed E-state index contributed by atoms with van der Waals surface area (Å²) in [6.07, 6.45) is 2.79. The number of rotatable bonds is 4. The summed E-state index contributed by atoms with van der Waals surface area (Å²) in [6, 6.07) is 6.89. The number of allylic oxidation sites excluding steroid dienone is 1. The molecule has 1 amide bonds. The van der Waals surface area contributed by atoms with E-state index >= 15 is 0 Å². The lowest BCUT2D eigenvalue weighted by molar-refractivity contribution is -0.126. The van der Waals surface area contributed by atoms with E-state index in [1.54, 1.807) is 24.1 Å². The number of hydrogen-bond donors (Lipinski definition) is 1. The third-order valence-corrected chi connectivity index (χ3v) is 2.55. The summed E-state index contributed by atoms with van der Waals surface area (Å²) in [5.74, 6) is 0.282. The Labute approximate surface area is 102 Å². The van der Waals surface area contributed by atoms with Gasteiger partial charge in [0, 0.05) is 19.2 Å². The highest BCUT2D eigenvalue weighted by molar-refractivity contribution is 5.92. The number of phenolic OH excluding ortho intramolecular Hbond substituents is 1. The molecule has 0 atom stereocenters. The minimum absolute atomic E-state index is 0.0416. The van der Waals surface area contributed by atoms with E-state index in [2.05, 4.69) is 0 Å². The maximum Gasteiger partial charge on any atom is 0.249 e. The van der Waals surface area contributed by atoms with E-state index in [0.717, 1.165) is 17.6 Å². The molecule has 0 aliphatic heterocycles. The minimum atomic E-state index is 0.0416. The number of benzene rings is 1. The Bertz CT molecular complexity index is 407. The van der Waals surface area contributed by atoms with E-state index in [1.807, 2.05) is 32.1 Å². The van der Waals surface area contributed by atoms with Crippen LogP contribution in [0.25, 0.3) is 0 Å². The summed E-state index contributed by atoms with van der Waals surface area (Å²) < 4.78 is 0. The first-order valence-electron chi connectivity index (χ1n) is 5.74. The zero-order valence-corrected chi connectivity index (χ0v) is 10.6. The molecule has 0 aliphatic rings. The second-order valence-electron chi connectivity index (χ2n) is 4.12. The fraction of sp³-hybridized carbons (Fsp3) is 0.357. The Kier molecular flexibility index (Phi) is 4.76. The van der Waals surface area contributed by atoms with Crippen LogP contribution < -0.4 is 0 Å². The molecule has 0 aromatic heterocycles. The van der Waals surface area contributed by atoms with Crippen molar-refractivity contribution in [1.82, 2.24) is 4.90 Å². The number of phenols is 1. The summed E-state index contributed by atoms with van der Waals surface area (Å²) >= 11 is 0. The number of likely N-dealkylation sites (N-methyl/N-ethyl adjacent to an activating group) is 1. The molecule has 0 aliphatic carbocycles. The van der Waals surface area contributed by atoms with Crippen LogP contribution in [0, 0.1) is 0 Å². The molecule has 0 heterocycles. The van der Waals surface area contributed by atoms with Gasteiger partial charge in [0.15, 0.2) is 0 Å². The molecular formula is C14H19NO2. The molecule has 92 valence electrons. The van der Waals surface area contributed by atoms with Gasteiger partial charge in [0.1, 0.15) is 5.75 Å². The lowest BCUT2D eigenvalue weighted by Crippen LogP contribution is -2.26. The maximum absolute atomic E-state index is 11.9. The fourth-order valence-electron chi connectivity index (χ4n) is 1.64. The standard InChI is InChI=1S/C14H19NO2/c1-4-5-11(2)14(17)15(3)10-12-6-8-13(16)9-7-12/h5-9,16H,4,10H2,1-3H3/b11-5+. The minimum Gasteiger partial charge on any atom is -0.508 e. The third kappa shape index (κ3) is 3.94. The van der Waals surface area contributed by atoms with Gasteiger partial charge in [0.05, 0.1) is 0 Å². The van der Waals surface area contributed by atoms with Crippen molar-refractivity contribution < 1.29 is 9.90 Å². The van der Waals surface area contributed by atoms with Crippen LogP contribution in [0.3, 0.4) is 0 Å². The zero-order valence-electron chi connectivity index (χ0n) is 10.6. The van der Waals surface area contributed by atoms with Crippen LogP contribution in [0.4, 0.5) is 0 Å². The predicted molar refractivity (Wildman–Crippen MR) is 68.6 cm³/mol. The van der Waals surface area contributed by atoms with Crippen LogP contribution in [0.5, 0.6) is 5.75 Å². The first kappa shape index (κ1) is 13.3. The molecule has 1 rings (SSSR count). The topological polar surface area (TPSA) is 40.5 Å². The SMILES string of the molecule is CC/C=C(\C)C(=O)N(C)Cc1ccc(O)cc1. The average molecular weight is 233 g/mol. The molecule has 0 saturated carbocycles. The second kappa shape index (κ2) is 6.09. The molecule has 3 heteroatoms. The predicted octanol–water partition coefficient (Wildman–Crippen LogP) is 2.71. The van der Waals surface area contributed by atoms with E-state index in [-0.39, 0.29) is 11.7 Å². The molecule has 1 aromatic carbocycles. The number of carbonyl (C=O) groups is 1. The fourth-order valence-corrected chi connectivity index (χ4v) is 1.64. The normalized spacial score (nSPS) is 11.4. The first-order chi connectivity index (χ1) is 8.04. The highest BCUT2D eigenvalue weighted by atomic mass is 16.3. The van der Waals surface area contributed by atoms with Gasteiger partial charge in [-0.3, -0.25) is 4.79 Å². The van der Waals surface area contributed by atoms with Gasteiger partial charge in [-0.2, -0.15) is 0 Å². The van der Waals surface area contributed by atoms with Crippen molar-refractivity contribution in [3.05, 3.63) is 41.5 Å². The Hall–Kier alpha value is -1.77. The van der Waals surface area contributed by atoms with E-state index in [4.69, 9.17) is 5.11 Å². The summed E-state index contributed by atoms with van der Waals surface area (Å²) in [4.78, 5) is 13.6. The lowest BCUT2D eigenvalue weighted by atomic mass is 10.2. The molecule has 0 spiro atoms. The Morgan fingerprint density at radius 3 is 2.47 bits per heavy atom. The summed E-state index contributed by atoms with van der Waals surface area (Å²) in [5, 5.41) is 9.17. The zero-order chi connectivity index (χ0) is 12.8. The smallest absolute Gasteiger partial charge is 0.249 e. The molecule has 0 bridgehead atoms. The van der Waals surface area contributed by atoms with Gasteiger partial charge in [-0.1, -0.05) is 25.1 Å². The number of carbonyl (C=O) groups excluding carboxylic acids is 1. The first-order valence-corrected chi connectivity index (χ1v) is 5.74. The van der Waals surface area contributed by atoms with E-state index in [1.165, 1.54) is 0 Å². The van der Waals surface area contributed by atoms with Gasteiger partial charge >= 0.3 is 0 Å². The van der Waals surface area contributed by atoms with Gasteiger partial charge in [-0.05, 0) is 31.0 Å². The maximum atomic E-state index is 11.9. The number of nitrogens with zero attached hydrogens (tertiary/aromatic N) is 1. The molecular weight excluding hydrogens is 214 g/mol. The average Bonchev–Trinajstić information content (AvgIpc) is 2.31. The second-order valence-corrected chi connectivity index (χ2v) is 4.12. The van der Waals surface area contributed by atoms with Crippen molar-refractivity contribution in [2.45, 2.75) is 26.8 Å². The van der Waals surface area contributed by atoms with Crippen LogP contribution in [0.1, 0.15) is 25.8 Å². The van der Waals surface area contributed by atoms with Crippen molar-refractivity contribution in [3.8, 4) is 5.75 Å². The van der Waals surface area contributed by atoms with Crippen LogP contribution >= 0.6 is 0 Å². The van der Waals surface area contributed by atoms with E-state index in [0.29, 0.717) is 6.54 Å². The van der Waals surface area contributed by atoms with Gasteiger partial charge < -0.3 is 10.0 Å². The molecule has 0 unspecified atom stereocenters. The quantitative estimate of drug-likeness (QED) is 0.812. The lowest BCUT2D eigenvalue weighted by Gasteiger charge is -2.17. The number of hydrogen-bond acceptors (Lipinski definition) is 2. The summed E-state index contributed by atoms with van der Waals surface area (Å²) in [6.45, 7) is 4.39. The van der Waals surface area contributed by atoms with Gasteiger partial charge in [0.25, 0.3) is 0 Å². The highest BCUT2D eigenvalue weighted by Crippen LogP contribution is 2.12. The van der Waals surface area contributed by atoms with Crippen molar-refractivity contribution in [1.29, 1.82) is 0 Å². The van der Waals surface area contributed by atoms with Crippen molar-refractivity contribution in [3.63, 3.8) is 0 Å². The van der Waals surface area contributed by atoms with Crippen LogP contribution in [0.15, 0.2) is 35.9 Å². The van der Waals surface area contributed by atoms with E-state index in [9.17, 15) is 4.79 Å². The third-order valence-electron chi connectivity index (χ3n) is 2.55. The summed E-state index contributed by atoms with van der Waals surface area (Å²) in [7, 11) is 1.78. The molecule has 0 fully saturated rings. The molecule has 1 N–H and O–H groups in total. The van der Waals surface area contributed by atoms with Crippen molar-refractivity contribution in [2.75, 3.05) is 7.05 Å². The Morgan fingerprint density at radius 2 is 1.94 bits per heavy atom. The Morgan fingerprint density at radius 1 is 1.35 bits per heavy atom. The van der Waals surface area contributed by atoms with Crippen molar-refractivity contribution >= 4 is 5.91 Å². The van der Waals surface area contributed by atoms with Gasteiger partial charge in [-0.15, -0.1) is 0 Å². The highest BCUT2D eigenvalue weighted by Gasteiger charge is 2.10. The number of amides is 1. The number of aromatic hydroxyl groups is 1. The molecule has 0 saturated heterocycles. The molecule has 17 heavy (non-hydrogen) atoms. The van der Waals surface area contributed by atoms with Gasteiger partial charge in [0.2, 0.25) is 5.91 Å². The molecule has 3 nitrogen and oxygen atoms in total. The molecule has 1 aromatic rings. The largest absolute Gasteiger partial charge is 0.508 e. The van der Waals surface area contributed by atoms with Crippen molar-refractivity contribution in [2.24, 2.45) is 0 Å². The van der Waals surface area contributed by atoms with Gasteiger partial charge in [-0.25, -0.2) is 0 Å². The monoisotopic (exact) mass is 233 g/mol. The molecule has 0 radical (unpaired) electrons.